The van der Waals surface area contributed by atoms with E-state index in [1.807, 2.05) is 50.2 Å². The Morgan fingerprint density at radius 2 is 1.50 bits per heavy atom. The van der Waals surface area contributed by atoms with Gasteiger partial charge in [0.2, 0.25) is 0 Å². The summed E-state index contributed by atoms with van der Waals surface area (Å²) in [5.74, 6) is 0.864. The molecule has 0 spiro atoms. The van der Waals surface area contributed by atoms with Crippen LogP contribution in [0.5, 0.6) is 11.5 Å². The molecule has 0 bridgehead atoms. The number of nitrogens with zero attached hydrogens (tertiary/aromatic N) is 1. The van der Waals surface area contributed by atoms with Gasteiger partial charge in [0.05, 0.1) is 5.56 Å². The molecule has 0 aliphatic rings. The number of para-hydroxylation sites is 2. The fourth-order valence-electron chi connectivity index (χ4n) is 3.23. The summed E-state index contributed by atoms with van der Waals surface area (Å²) in [6, 6.07) is 23.5. The molecule has 6 heteroatoms. The quantitative estimate of drug-likeness (QED) is 0.464. The fraction of sp³-hybridized carbons (Fsp3) is 0.231. The van der Waals surface area contributed by atoms with Gasteiger partial charge in [0, 0.05) is 24.3 Å². The third-order valence-electron chi connectivity index (χ3n) is 4.90. The van der Waals surface area contributed by atoms with E-state index >= 15 is 0 Å². The molecule has 3 aromatic carbocycles. The monoisotopic (exact) mass is 432 g/mol. The smallest absolute Gasteiger partial charge is 0.259 e. The zero-order valence-electron chi connectivity index (χ0n) is 18.4. The topological polar surface area (TPSA) is 67.9 Å². The number of benzene rings is 3. The van der Waals surface area contributed by atoms with Crippen molar-refractivity contribution in [3.05, 3.63) is 90.0 Å². The first kappa shape index (κ1) is 22.9. The molecule has 32 heavy (non-hydrogen) atoms. The van der Waals surface area contributed by atoms with Gasteiger partial charge < -0.3 is 19.7 Å². The first-order valence-corrected chi connectivity index (χ1v) is 10.7. The van der Waals surface area contributed by atoms with Gasteiger partial charge in [-0.15, -0.1) is 0 Å². The highest BCUT2D eigenvalue weighted by Gasteiger charge is 2.15. The maximum atomic E-state index is 12.9. The number of nitrogens with one attached hydrogen (secondary N) is 1. The lowest BCUT2D eigenvalue weighted by Gasteiger charge is -2.19. The van der Waals surface area contributed by atoms with Gasteiger partial charge in [0.25, 0.3) is 11.8 Å². The Kier molecular flexibility index (Phi) is 8.26. The molecule has 0 unspecified atom stereocenters. The Morgan fingerprint density at radius 3 is 2.25 bits per heavy atom. The number of ether oxygens (including phenoxy) is 2. The highest BCUT2D eigenvalue weighted by Crippen LogP contribution is 2.21. The normalized spacial score (nSPS) is 10.3. The van der Waals surface area contributed by atoms with Gasteiger partial charge in [-0.2, -0.15) is 0 Å². The molecular weight excluding hydrogens is 404 g/mol. The third-order valence-corrected chi connectivity index (χ3v) is 4.90. The van der Waals surface area contributed by atoms with Gasteiger partial charge in [-0.05, 0) is 56.3 Å². The highest BCUT2D eigenvalue weighted by molar-refractivity contribution is 6.06. The van der Waals surface area contributed by atoms with E-state index in [1.165, 1.54) is 0 Å². The van der Waals surface area contributed by atoms with Crippen LogP contribution < -0.4 is 14.8 Å². The molecule has 0 fully saturated rings. The van der Waals surface area contributed by atoms with Crippen LogP contribution in [0, 0.1) is 0 Å². The van der Waals surface area contributed by atoms with Gasteiger partial charge in [-0.3, -0.25) is 9.59 Å². The summed E-state index contributed by atoms with van der Waals surface area (Å²) >= 11 is 0. The van der Waals surface area contributed by atoms with Crippen LogP contribution in [0.3, 0.4) is 0 Å². The van der Waals surface area contributed by atoms with Gasteiger partial charge in [-0.1, -0.05) is 36.4 Å². The second-order valence-electron chi connectivity index (χ2n) is 7.02. The van der Waals surface area contributed by atoms with Gasteiger partial charge in [0.15, 0.2) is 0 Å². The van der Waals surface area contributed by atoms with E-state index in [0.29, 0.717) is 48.9 Å². The summed E-state index contributed by atoms with van der Waals surface area (Å²) in [6.07, 6.45) is 0. The zero-order chi connectivity index (χ0) is 22.8. The second-order valence-corrected chi connectivity index (χ2v) is 7.02. The first-order valence-electron chi connectivity index (χ1n) is 10.7. The van der Waals surface area contributed by atoms with Crippen molar-refractivity contribution >= 4 is 17.5 Å². The summed E-state index contributed by atoms with van der Waals surface area (Å²) in [4.78, 5) is 27.2. The Labute approximate surface area is 188 Å². The van der Waals surface area contributed by atoms with Crippen molar-refractivity contribution in [3.63, 3.8) is 0 Å². The molecule has 0 saturated carbocycles. The Bertz CT molecular complexity index is 1030. The van der Waals surface area contributed by atoms with E-state index < -0.39 is 0 Å². The summed E-state index contributed by atoms with van der Waals surface area (Å²) in [5.41, 5.74) is 1.50. The summed E-state index contributed by atoms with van der Waals surface area (Å²) in [5, 5.41) is 2.86. The van der Waals surface area contributed by atoms with E-state index in [4.69, 9.17) is 9.47 Å². The summed E-state index contributed by atoms with van der Waals surface area (Å²) in [7, 11) is 0. The summed E-state index contributed by atoms with van der Waals surface area (Å²) < 4.78 is 11.4. The molecule has 0 aromatic heterocycles. The molecule has 0 saturated heterocycles. The largest absolute Gasteiger partial charge is 0.490 e. The molecule has 0 aliphatic carbocycles. The lowest BCUT2D eigenvalue weighted by Crippen LogP contribution is -2.30. The predicted molar refractivity (Wildman–Crippen MR) is 126 cm³/mol. The van der Waals surface area contributed by atoms with Crippen molar-refractivity contribution in [3.8, 4) is 11.5 Å². The molecule has 0 atom stereocenters. The number of hydrogen-bond acceptors (Lipinski definition) is 4. The maximum Gasteiger partial charge on any atom is 0.259 e. The number of amides is 2. The average molecular weight is 433 g/mol. The van der Waals surface area contributed by atoms with E-state index in [0.717, 1.165) is 5.75 Å². The summed E-state index contributed by atoms with van der Waals surface area (Å²) in [6.45, 7) is 5.79. The minimum atomic E-state index is -0.308. The van der Waals surface area contributed by atoms with Crippen LogP contribution >= 0.6 is 0 Å². The standard InChI is InChI=1S/C26H28N2O4/c1-3-28(4-2)26(30)20-11-10-12-21(19-20)27-25(29)23-15-8-9-16-24(23)32-18-17-31-22-13-6-5-7-14-22/h5-16,19H,3-4,17-18H2,1-2H3,(H,27,29). The Hall–Kier alpha value is -3.80. The number of rotatable bonds is 10. The Morgan fingerprint density at radius 1 is 0.812 bits per heavy atom. The molecule has 3 aromatic rings. The average Bonchev–Trinajstić information content (AvgIpc) is 2.83. The molecule has 6 nitrogen and oxygen atoms in total. The molecule has 166 valence electrons. The van der Waals surface area contributed by atoms with Crippen LogP contribution in [-0.2, 0) is 0 Å². The van der Waals surface area contributed by atoms with Crippen molar-refractivity contribution in [2.45, 2.75) is 13.8 Å². The van der Waals surface area contributed by atoms with Gasteiger partial charge in [-0.25, -0.2) is 0 Å². The van der Waals surface area contributed by atoms with Crippen LogP contribution in [0.2, 0.25) is 0 Å². The maximum absolute atomic E-state index is 12.9. The van der Waals surface area contributed by atoms with Crippen molar-refractivity contribution in [2.24, 2.45) is 0 Å². The SMILES string of the molecule is CCN(CC)C(=O)c1cccc(NC(=O)c2ccccc2OCCOc2ccccc2)c1. The van der Waals surface area contributed by atoms with Crippen molar-refractivity contribution in [1.29, 1.82) is 0 Å². The first-order chi connectivity index (χ1) is 15.6. The fourth-order valence-corrected chi connectivity index (χ4v) is 3.23. The third kappa shape index (κ3) is 6.11. The molecule has 1 N–H and O–H groups in total. The Balaban J connectivity index is 1.63. The molecule has 3 rings (SSSR count). The lowest BCUT2D eigenvalue weighted by molar-refractivity contribution is 0.0772. The van der Waals surface area contributed by atoms with Crippen molar-refractivity contribution in [1.82, 2.24) is 4.90 Å². The van der Waals surface area contributed by atoms with E-state index in [2.05, 4.69) is 5.32 Å². The number of carbonyl (C=O) groups excluding carboxylic acids is 2. The second kappa shape index (κ2) is 11.6. The number of hydrogen-bond donors (Lipinski definition) is 1. The van der Waals surface area contributed by atoms with Crippen LogP contribution in [0.4, 0.5) is 5.69 Å². The van der Waals surface area contributed by atoms with Crippen LogP contribution in [0.1, 0.15) is 34.6 Å². The molecule has 0 heterocycles. The van der Waals surface area contributed by atoms with Gasteiger partial charge in [0.1, 0.15) is 24.7 Å². The van der Waals surface area contributed by atoms with Gasteiger partial charge >= 0.3 is 0 Å². The molecule has 2 amide bonds. The zero-order valence-corrected chi connectivity index (χ0v) is 18.4. The molecule has 0 aliphatic heterocycles. The van der Waals surface area contributed by atoms with E-state index in [1.54, 1.807) is 47.4 Å². The highest BCUT2D eigenvalue weighted by atomic mass is 16.5. The number of anilines is 1. The van der Waals surface area contributed by atoms with Crippen LogP contribution in [0.25, 0.3) is 0 Å². The van der Waals surface area contributed by atoms with Crippen molar-refractivity contribution in [2.75, 3.05) is 31.6 Å². The lowest BCUT2D eigenvalue weighted by atomic mass is 10.1. The minimum Gasteiger partial charge on any atom is -0.490 e. The molecule has 0 radical (unpaired) electrons. The number of carbonyl (C=O) groups is 2. The van der Waals surface area contributed by atoms with Crippen LogP contribution in [-0.4, -0.2) is 43.0 Å². The van der Waals surface area contributed by atoms with Crippen LogP contribution in [0.15, 0.2) is 78.9 Å². The van der Waals surface area contributed by atoms with E-state index in [-0.39, 0.29) is 11.8 Å². The van der Waals surface area contributed by atoms with Crippen molar-refractivity contribution < 1.29 is 19.1 Å². The molecular formula is C26H28N2O4. The van der Waals surface area contributed by atoms with E-state index in [9.17, 15) is 9.59 Å². The predicted octanol–water partition coefficient (Wildman–Crippen LogP) is 4.88. The minimum absolute atomic E-state index is 0.0618.